The van der Waals surface area contributed by atoms with E-state index in [1.807, 2.05) is 12.1 Å². The third-order valence-electron chi connectivity index (χ3n) is 3.96. The van der Waals surface area contributed by atoms with Crippen LogP contribution in [0.3, 0.4) is 0 Å². The summed E-state index contributed by atoms with van der Waals surface area (Å²) in [5.41, 5.74) is 0. The van der Waals surface area contributed by atoms with Crippen LogP contribution in [0.15, 0.2) is 24.3 Å². The lowest BCUT2D eigenvalue weighted by Crippen LogP contribution is -2.50. The molecule has 1 aromatic rings. The molecule has 1 fully saturated rings. The zero-order valence-electron chi connectivity index (χ0n) is 12.9. The van der Waals surface area contributed by atoms with Gasteiger partial charge in [0.05, 0.1) is 5.75 Å². The molecule has 2 aliphatic heterocycles. The van der Waals surface area contributed by atoms with Crippen molar-refractivity contribution in [2.75, 3.05) is 25.4 Å². The second-order valence-corrected chi connectivity index (χ2v) is 7.76. The van der Waals surface area contributed by atoms with E-state index in [0.29, 0.717) is 24.5 Å². The summed E-state index contributed by atoms with van der Waals surface area (Å²) in [4.78, 5) is 12.3. The number of carbonyl (C=O) groups is 1. The SMILES string of the molecule is C[C@H]1Oc2ccccc2O[C@H]1C(=O)NCCN1CCCS1(=O)=O. The van der Waals surface area contributed by atoms with Crippen molar-refractivity contribution in [2.45, 2.75) is 25.6 Å². The first kappa shape index (κ1) is 16.1. The summed E-state index contributed by atoms with van der Waals surface area (Å²) in [5, 5.41) is 2.73. The Balaban J connectivity index is 1.55. The number of ether oxygens (including phenoxy) is 2. The van der Waals surface area contributed by atoms with Crippen LogP contribution in [0.1, 0.15) is 13.3 Å². The molecule has 2 atom stereocenters. The fraction of sp³-hybridized carbons (Fsp3) is 0.533. The zero-order valence-corrected chi connectivity index (χ0v) is 13.7. The average molecular weight is 340 g/mol. The number of hydrogen-bond acceptors (Lipinski definition) is 5. The first-order valence-electron chi connectivity index (χ1n) is 7.65. The molecule has 0 radical (unpaired) electrons. The van der Waals surface area contributed by atoms with Gasteiger partial charge >= 0.3 is 0 Å². The van der Waals surface area contributed by atoms with Gasteiger partial charge in [-0.3, -0.25) is 4.79 Å². The highest BCUT2D eigenvalue weighted by Gasteiger charge is 2.34. The third kappa shape index (κ3) is 3.42. The van der Waals surface area contributed by atoms with E-state index in [4.69, 9.17) is 9.47 Å². The number of fused-ring (bicyclic) bond motifs is 1. The lowest BCUT2D eigenvalue weighted by molar-refractivity contribution is -0.133. The summed E-state index contributed by atoms with van der Waals surface area (Å²) in [6, 6.07) is 7.19. The van der Waals surface area contributed by atoms with E-state index >= 15 is 0 Å². The quantitative estimate of drug-likeness (QED) is 0.856. The van der Waals surface area contributed by atoms with Gasteiger partial charge in [0.25, 0.3) is 5.91 Å². The van der Waals surface area contributed by atoms with Gasteiger partial charge in [0.1, 0.15) is 6.10 Å². The van der Waals surface area contributed by atoms with E-state index in [2.05, 4.69) is 5.32 Å². The molecule has 2 aliphatic rings. The highest BCUT2D eigenvalue weighted by atomic mass is 32.2. The summed E-state index contributed by atoms with van der Waals surface area (Å²) in [6.07, 6.45) is -0.524. The lowest BCUT2D eigenvalue weighted by atomic mass is 10.1. The molecule has 0 unspecified atom stereocenters. The van der Waals surface area contributed by atoms with Gasteiger partial charge in [0.2, 0.25) is 16.1 Å². The summed E-state index contributed by atoms with van der Waals surface area (Å²) in [7, 11) is -3.13. The van der Waals surface area contributed by atoms with Gasteiger partial charge in [-0.1, -0.05) is 12.1 Å². The number of carbonyl (C=O) groups excluding carboxylic acids is 1. The van der Waals surface area contributed by atoms with Gasteiger partial charge in [-0.2, -0.15) is 0 Å². The maximum atomic E-state index is 12.3. The molecule has 126 valence electrons. The fourth-order valence-electron chi connectivity index (χ4n) is 2.75. The number of amides is 1. The molecule has 1 amide bonds. The number of nitrogens with one attached hydrogen (secondary N) is 1. The van der Waals surface area contributed by atoms with E-state index in [1.54, 1.807) is 19.1 Å². The summed E-state index contributed by atoms with van der Waals surface area (Å²) < 4.78 is 36.2. The van der Waals surface area contributed by atoms with Crippen molar-refractivity contribution >= 4 is 15.9 Å². The first-order chi connectivity index (χ1) is 11.0. The van der Waals surface area contributed by atoms with Gasteiger partial charge in [-0.25, -0.2) is 12.7 Å². The number of benzene rings is 1. The van der Waals surface area contributed by atoms with E-state index < -0.39 is 22.2 Å². The molecule has 3 rings (SSSR count). The van der Waals surface area contributed by atoms with Crippen molar-refractivity contribution in [1.29, 1.82) is 0 Å². The van der Waals surface area contributed by atoms with Crippen molar-refractivity contribution < 1.29 is 22.7 Å². The predicted octanol–water partition coefficient (Wildman–Crippen LogP) is 0.367. The summed E-state index contributed by atoms with van der Waals surface area (Å²) in [6.45, 7) is 2.83. The number of nitrogens with zero attached hydrogens (tertiary/aromatic N) is 1. The molecular weight excluding hydrogens is 320 g/mol. The van der Waals surface area contributed by atoms with Gasteiger partial charge in [0, 0.05) is 19.6 Å². The van der Waals surface area contributed by atoms with Crippen molar-refractivity contribution in [1.82, 2.24) is 9.62 Å². The first-order valence-corrected chi connectivity index (χ1v) is 9.26. The lowest BCUT2D eigenvalue weighted by Gasteiger charge is -2.31. The van der Waals surface area contributed by atoms with Crippen LogP contribution in [0, 0.1) is 0 Å². The van der Waals surface area contributed by atoms with Crippen LogP contribution in [0.2, 0.25) is 0 Å². The smallest absolute Gasteiger partial charge is 0.265 e. The molecule has 0 saturated carbocycles. The minimum atomic E-state index is -3.13. The molecule has 0 aromatic heterocycles. The number of rotatable bonds is 4. The normalized spacial score (nSPS) is 26.0. The highest BCUT2D eigenvalue weighted by Crippen LogP contribution is 2.33. The minimum Gasteiger partial charge on any atom is -0.482 e. The minimum absolute atomic E-state index is 0.189. The van der Waals surface area contributed by atoms with Crippen LogP contribution in [-0.2, 0) is 14.8 Å². The maximum absolute atomic E-state index is 12.3. The molecular formula is C15H20N2O5S. The topological polar surface area (TPSA) is 84.9 Å². The Morgan fingerprint density at radius 1 is 1.30 bits per heavy atom. The second kappa shape index (κ2) is 6.37. The zero-order chi connectivity index (χ0) is 16.4. The molecule has 0 bridgehead atoms. The number of hydrogen-bond donors (Lipinski definition) is 1. The summed E-state index contributed by atoms with van der Waals surface area (Å²) in [5.74, 6) is 1.04. The van der Waals surface area contributed by atoms with E-state index in [0.717, 1.165) is 0 Å². The Morgan fingerprint density at radius 2 is 2.00 bits per heavy atom. The van der Waals surface area contributed by atoms with Crippen molar-refractivity contribution in [3.8, 4) is 11.5 Å². The molecule has 1 aromatic carbocycles. The molecule has 2 heterocycles. The molecule has 0 aliphatic carbocycles. The third-order valence-corrected chi connectivity index (χ3v) is 5.92. The van der Waals surface area contributed by atoms with Crippen LogP contribution < -0.4 is 14.8 Å². The predicted molar refractivity (Wildman–Crippen MR) is 83.9 cm³/mol. The van der Waals surface area contributed by atoms with Crippen LogP contribution in [-0.4, -0.2) is 56.2 Å². The molecule has 23 heavy (non-hydrogen) atoms. The standard InChI is InChI=1S/C15H20N2O5S/c1-11-14(22-13-6-3-2-5-12(13)21-11)15(18)16-7-9-17-8-4-10-23(17,19)20/h2-3,5-6,11,14H,4,7-10H2,1H3,(H,16,18)/t11-,14-/m1/s1. The largest absolute Gasteiger partial charge is 0.482 e. The maximum Gasteiger partial charge on any atom is 0.265 e. The highest BCUT2D eigenvalue weighted by molar-refractivity contribution is 7.89. The number of para-hydroxylation sites is 2. The van der Waals surface area contributed by atoms with Crippen LogP contribution in [0.5, 0.6) is 11.5 Å². The van der Waals surface area contributed by atoms with Gasteiger partial charge in [-0.05, 0) is 25.5 Å². The number of sulfonamides is 1. The van der Waals surface area contributed by atoms with E-state index in [9.17, 15) is 13.2 Å². The Hall–Kier alpha value is -1.80. The van der Waals surface area contributed by atoms with Crippen molar-refractivity contribution in [3.63, 3.8) is 0 Å². The van der Waals surface area contributed by atoms with Crippen LogP contribution >= 0.6 is 0 Å². The van der Waals surface area contributed by atoms with Crippen molar-refractivity contribution in [2.24, 2.45) is 0 Å². The fourth-order valence-corrected chi connectivity index (χ4v) is 4.28. The average Bonchev–Trinajstić information content (AvgIpc) is 2.85. The Kier molecular flexibility index (Phi) is 4.45. The Bertz CT molecular complexity index is 691. The van der Waals surface area contributed by atoms with Crippen LogP contribution in [0.4, 0.5) is 0 Å². The van der Waals surface area contributed by atoms with Gasteiger partial charge < -0.3 is 14.8 Å². The Labute approximate surface area is 135 Å². The van der Waals surface area contributed by atoms with E-state index in [-0.39, 0.29) is 24.7 Å². The Morgan fingerprint density at radius 3 is 2.65 bits per heavy atom. The summed E-state index contributed by atoms with van der Waals surface area (Å²) >= 11 is 0. The second-order valence-electron chi connectivity index (χ2n) is 5.67. The molecule has 7 nitrogen and oxygen atoms in total. The molecule has 1 N–H and O–H groups in total. The molecule has 0 spiro atoms. The monoisotopic (exact) mass is 340 g/mol. The van der Waals surface area contributed by atoms with Gasteiger partial charge in [-0.15, -0.1) is 0 Å². The van der Waals surface area contributed by atoms with Gasteiger partial charge in [0.15, 0.2) is 11.5 Å². The molecule has 8 heteroatoms. The van der Waals surface area contributed by atoms with Crippen molar-refractivity contribution in [3.05, 3.63) is 24.3 Å². The van der Waals surface area contributed by atoms with Crippen LogP contribution in [0.25, 0.3) is 0 Å². The van der Waals surface area contributed by atoms with E-state index in [1.165, 1.54) is 4.31 Å². The molecule has 1 saturated heterocycles.